The number of rotatable bonds is 11. The van der Waals surface area contributed by atoms with E-state index < -0.39 is 56.2 Å². The van der Waals surface area contributed by atoms with Crippen LogP contribution in [0.5, 0.6) is 0 Å². The molecular formula is C31H26N4O10. The number of carboxylic acid groups (broad SMARTS) is 2. The Bertz CT molecular complexity index is 1810. The van der Waals surface area contributed by atoms with Crippen LogP contribution in [0.2, 0.25) is 0 Å². The molecule has 4 aromatic rings. The number of carbonyl (C=O) groups is 3. The summed E-state index contributed by atoms with van der Waals surface area (Å²) in [5.41, 5.74) is 2.91. The summed E-state index contributed by atoms with van der Waals surface area (Å²) in [4.78, 5) is 58.1. The standard InChI is InChI=1S/C31H26N4O10/c1-16-13-18(9-11-20(16)28(33-41)26-21(30(37)38)5-3-7-24(26)34(42)43)15-19-10-12-23(17(2)14-19)32-29(36)27-22(31(39)40)6-4-8-25(27)35(44)45/h3-14,28,33,41H,15H2,1-2H3,(H,32,36)(H,37,38)(H,39,40). The average molecular weight is 615 g/mol. The van der Waals surface area contributed by atoms with E-state index in [1.54, 1.807) is 50.2 Å². The number of nitro groups is 2. The van der Waals surface area contributed by atoms with Crippen molar-refractivity contribution in [1.29, 1.82) is 0 Å². The first-order chi connectivity index (χ1) is 21.3. The van der Waals surface area contributed by atoms with Crippen LogP contribution < -0.4 is 10.8 Å². The number of hydrogen-bond acceptors (Lipinski definition) is 9. The highest BCUT2D eigenvalue weighted by Crippen LogP contribution is 2.35. The van der Waals surface area contributed by atoms with Crippen molar-refractivity contribution in [2.24, 2.45) is 0 Å². The second-order valence-corrected chi connectivity index (χ2v) is 10.1. The number of carboxylic acids is 2. The van der Waals surface area contributed by atoms with Crippen molar-refractivity contribution in [3.05, 3.63) is 143 Å². The smallest absolute Gasteiger partial charge is 0.336 e. The van der Waals surface area contributed by atoms with Crippen LogP contribution in [0.1, 0.15) is 70.5 Å². The Labute approximate surface area is 254 Å². The molecule has 14 heteroatoms. The molecule has 4 rings (SSSR count). The molecule has 4 aromatic carbocycles. The third-order valence-electron chi connectivity index (χ3n) is 7.22. The average Bonchev–Trinajstić information content (AvgIpc) is 2.99. The Morgan fingerprint density at radius 1 is 0.778 bits per heavy atom. The highest BCUT2D eigenvalue weighted by Gasteiger charge is 2.30. The van der Waals surface area contributed by atoms with Gasteiger partial charge in [0.2, 0.25) is 0 Å². The summed E-state index contributed by atoms with van der Waals surface area (Å²) in [6.07, 6.45) is 0.409. The zero-order valence-electron chi connectivity index (χ0n) is 23.8. The van der Waals surface area contributed by atoms with Gasteiger partial charge in [-0.3, -0.25) is 25.0 Å². The molecule has 0 saturated heterocycles. The van der Waals surface area contributed by atoms with Crippen LogP contribution in [0.15, 0.2) is 72.8 Å². The topological polar surface area (TPSA) is 222 Å². The lowest BCUT2D eigenvalue weighted by molar-refractivity contribution is -0.385. The fraction of sp³-hybridized carbons (Fsp3) is 0.129. The van der Waals surface area contributed by atoms with Gasteiger partial charge in [0.05, 0.1) is 32.6 Å². The third-order valence-corrected chi connectivity index (χ3v) is 7.22. The maximum Gasteiger partial charge on any atom is 0.336 e. The lowest BCUT2D eigenvalue weighted by Gasteiger charge is -2.20. The minimum Gasteiger partial charge on any atom is -0.478 e. The minimum atomic E-state index is -1.48. The Morgan fingerprint density at radius 3 is 1.87 bits per heavy atom. The summed E-state index contributed by atoms with van der Waals surface area (Å²) in [5.74, 6) is -3.82. The van der Waals surface area contributed by atoms with Crippen LogP contribution in [0.3, 0.4) is 0 Å². The van der Waals surface area contributed by atoms with E-state index >= 15 is 0 Å². The molecule has 1 amide bonds. The predicted molar refractivity (Wildman–Crippen MR) is 160 cm³/mol. The zero-order chi connectivity index (χ0) is 33.0. The van der Waals surface area contributed by atoms with Crippen molar-refractivity contribution in [2.75, 3.05) is 5.32 Å². The first-order valence-corrected chi connectivity index (χ1v) is 13.2. The van der Waals surface area contributed by atoms with E-state index in [9.17, 15) is 50.0 Å². The van der Waals surface area contributed by atoms with E-state index in [0.29, 0.717) is 28.8 Å². The molecule has 0 heterocycles. The van der Waals surface area contributed by atoms with Crippen LogP contribution in [-0.2, 0) is 6.42 Å². The SMILES string of the molecule is Cc1cc(Cc2ccc(C(NO)c3c(C(=O)O)cccc3[N+](=O)[O-])c(C)c2)ccc1NC(=O)c1c(C(=O)O)cccc1[N+](=O)[O-]. The number of nitrogens with zero attached hydrogens (tertiary/aromatic N) is 2. The van der Waals surface area contributed by atoms with Crippen LogP contribution >= 0.6 is 0 Å². The number of amides is 1. The van der Waals surface area contributed by atoms with Crippen LogP contribution in [0.25, 0.3) is 0 Å². The molecule has 5 N–H and O–H groups in total. The fourth-order valence-electron chi connectivity index (χ4n) is 5.17. The third kappa shape index (κ3) is 6.66. The Balaban J connectivity index is 1.60. The molecule has 0 bridgehead atoms. The van der Waals surface area contributed by atoms with Gasteiger partial charge in [-0.05, 0) is 66.3 Å². The van der Waals surface area contributed by atoms with E-state index in [1.165, 1.54) is 18.2 Å². The molecule has 0 spiro atoms. The Hall–Kier alpha value is -5.99. The number of aromatic carboxylic acids is 2. The van der Waals surface area contributed by atoms with Gasteiger partial charge in [0.15, 0.2) is 0 Å². The maximum absolute atomic E-state index is 13.0. The van der Waals surface area contributed by atoms with Crippen molar-refractivity contribution >= 4 is 34.9 Å². The maximum atomic E-state index is 13.0. The van der Waals surface area contributed by atoms with Crippen LogP contribution in [0, 0.1) is 34.1 Å². The summed E-state index contributed by atoms with van der Waals surface area (Å²) in [6.45, 7) is 3.42. The second-order valence-electron chi connectivity index (χ2n) is 10.1. The van der Waals surface area contributed by atoms with Gasteiger partial charge in [0.25, 0.3) is 17.3 Å². The summed E-state index contributed by atoms with van der Waals surface area (Å²) in [5, 5.41) is 54.8. The number of hydrogen-bond donors (Lipinski definition) is 5. The molecule has 0 aliphatic rings. The van der Waals surface area contributed by atoms with Gasteiger partial charge in [-0.1, -0.05) is 42.5 Å². The van der Waals surface area contributed by atoms with Gasteiger partial charge >= 0.3 is 11.9 Å². The summed E-state index contributed by atoms with van der Waals surface area (Å²) in [6, 6.07) is 16.0. The highest BCUT2D eigenvalue weighted by atomic mass is 16.6. The van der Waals surface area contributed by atoms with E-state index in [1.807, 2.05) is 5.48 Å². The molecule has 0 fully saturated rings. The molecular weight excluding hydrogens is 588 g/mol. The number of nitro benzene ring substituents is 2. The van der Waals surface area contributed by atoms with E-state index in [4.69, 9.17) is 0 Å². The zero-order valence-corrected chi connectivity index (χ0v) is 23.8. The molecule has 14 nitrogen and oxygen atoms in total. The fourth-order valence-corrected chi connectivity index (χ4v) is 5.17. The normalized spacial score (nSPS) is 11.4. The van der Waals surface area contributed by atoms with E-state index in [0.717, 1.165) is 29.3 Å². The first kappa shape index (κ1) is 31.9. The van der Waals surface area contributed by atoms with Gasteiger partial charge in [0, 0.05) is 17.8 Å². The lowest BCUT2D eigenvalue weighted by Crippen LogP contribution is -2.23. The molecule has 1 atom stereocenters. The summed E-state index contributed by atoms with van der Waals surface area (Å²) < 4.78 is 0. The monoisotopic (exact) mass is 614 g/mol. The van der Waals surface area contributed by atoms with Crippen LogP contribution in [-0.4, -0.2) is 43.1 Å². The second kappa shape index (κ2) is 13.1. The number of benzene rings is 4. The van der Waals surface area contributed by atoms with Crippen molar-refractivity contribution in [2.45, 2.75) is 26.3 Å². The number of hydroxylamine groups is 1. The molecule has 0 aliphatic carbocycles. The summed E-state index contributed by atoms with van der Waals surface area (Å²) in [7, 11) is 0. The van der Waals surface area contributed by atoms with Crippen molar-refractivity contribution in [3.8, 4) is 0 Å². The van der Waals surface area contributed by atoms with Crippen molar-refractivity contribution < 1.29 is 39.7 Å². The lowest BCUT2D eigenvalue weighted by atomic mass is 9.89. The van der Waals surface area contributed by atoms with E-state index in [-0.39, 0.29) is 11.1 Å². The minimum absolute atomic E-state index is 0.196. The van der Waals surface area contributed by atoms with Gasteiger partial charge in [-0.15, -0.1) is 0 Å². The van der Waals surface area contributed by atoms with Gasteiger partial charge in [-0.2, -0.15) is 5.48 Å². The molecule has 230 valence electrons. The summed E-state index contributed by atoms with van der Waals surface area (Å²) >= 11 is 0. The van der Waals surface area contributed by atoms with E-state index in [2.05, 4.69) is 5.32 Å². The Kier molecular flexibility index (Phi) is 9.31. The van der Waals surface area contributed by atoms with Gasteiger partial charge in [-0.25, -0.2) is 9.59 Å². The molecule has 0 radical (unpaired) electrons. The molecule has 45 heavy (non-hydrogen) atoms. The number of carbonyl (C=O) groups excluding carboxylic acids is 1. The van der Waals surface area contributed by atoms with Crippen LogP contribution in [0.4, 0.5) is 17.1 Å². The Morgan fingerprint density at radius 2 is 1.33 bits per heavy atom. The quantitative estimate of drug-likeness (QED) is 0.106. The molecule has 1 unspecified atom stereocenters. The number of nitrogens with one attached hydrogen (secondary N) is 2. The first-order valence-electron chi connectivity index (χ1n) is 13.2. The highest BCUT2D eigenvalue weighted by molar-refractivity contribution is 6.13. The molecule has 0 aromatic heterocycles. The predicted octanol–water partition coefficient (Wildman–Crippen LogP) is 5.43. The van der Waals surface area contributed by atoms with Gasteiger partial charge in [0.1, 0.15) is 5.56 Å². The molecule has 0 aliphatic heterocycles. The van der Waals surface area contributed by atoms with Crippen molar-refractivity contribution in [1.82, 2.24) is 5.48 Å². The molecule has 0 saturated carbocycles. The number of anilines is 1. The van der Waals surface area contributed by atoms with Crippen molar-refractivity contribution in [3.63, 3.8) is 0 Å². The van der Waals surface area contributed by atoms with Gasteiger partial charge < -0.3 is 20.7 Å². The number of aryl methyl sites for hydroxylation is 2. The largest absolute Gasteiger partial charge is 0.478 e.